The molecule has 0 fully saturated rings. The molecule has 4 aromatic rings. The van der Waals surface area contributed by atoms with Crippen LogP contribution in [0.3, 0.4) is 0 Å². The molecule has 0 atom stereocenters. The third kappa shape index (κ3) is 3.55. The van der Waals surface area contributed by atoms with Crippen LogP contribution >= 0.6 is 11.6 Å². The number of hydrazone groups is 1. The first kappa shape index (κ1) is 16.2. The third-order valence-corrected chi connectivity index (χ3v) is 4.12. The Kier molecular flexibility index (Phi) is 4.58. The van der Waals surface area contributed by atoms with E-state index in [0.717, 1.165) is 27.7 Å². The Morgan fingerprint density at radius 2 is 1.58 bits per heavy atom. The molecule has 0 aliphatic rings. The molecule has 3 aromatic carbocycles. The summed E-state index contributed by atoms with van der Waals surface area (Å²) in [4.78, 5) is 9.19. The molecule has 0 radical (unpaired) electrons. The van der Waals surface area contributed by atoms with E-state index in [4.69, 9.17) is 11.6 Å². The van der Waals surface area contributed by atoms with E-state index in [9.17, 15) is 0 Å². The molecule has 4 nitrogen and oxygen atoms in total. The van der Waals surface area contributed by atoms with Crippen LogP contribution in [0.4, 0.5) is 5.95 Å². The molecule has 0 amide bonds. The van der Waals surface area contributed by atoms with Crippen molar-refractivity contribution in [3.8, 4) is 11.3 Å². The minimum absolute atomic E-state index is 0.436. The van der Waals surface area contributed by atoms with Gasteiger partial charge in [0.05, 0.1) is 17.4 Å². The summed E-state index contributed by atoms with van der Waals surface area (Å²) in [5.41, 5.74) is 6.54. The van der Waals surface area contributed by atoms with Crippen LogP contribution in [0.15, 0.2) is 84.0 Å². The topological polar surface area (TPSA) is 50.2 Å². The summed E-state index contributed by atoms with van der Waals surface area (Å²) in [7, 11) is 0. The number of halogens is 1. The minimum Gasteiger partial charge on any atom is -0.245 e. The number of nitrogens with one attached hydrogen (secondary N) is 1. The van der Waals surface area contributed by atoms with E-state index in [-0.39, 0.29) is 0 Å². The van der Waals surface area contributed by atoms with Crippen molar-refractivity contribution >= 4 is 34.7 Å². The van der Waals surface area contributed by atoms with Crippen LogP contribution in [0.1, 0.15) is 5.56 Å². The van der Waals surface area contributed by atoms with Gasteiger partial charge in [-0.2, -0.15) is 5.10 Å². The first-order valence-electron chi connectivity index (χ1n) is 8.16. The first-order chi connectivity index (χ1) is 12.8. The second-order valence-electron chi connectivity index (χ2n) is 5.70. The lowest BCUT2D eigenvalue weighted by atomic mass is 10.1. The van der Waals surface area contributed by atoms with Crippen LogP contribution in [0.2, 0.25) is 5.02 Å². The monoisotopic (exact) mass is 358 g/mol. The Bertz CT molecular complexity index is 1060. The van der Waals surface area contributed by atoms with Crippen molar-refractivity contribution in [1.82, 2.24) is 9.97 Å². The predicted molar refractivity (Wildman–Crippen MR) is 108 cm³/mol. The number of aromatic nitrogens is 2. The SMILES string of the molecule is Clc1ccc2nc(N/N=C/c3ccccc3)nc(-c3ccccc3)c2c1. The average Bonchev–Trinajstić information content (AvgIpc) is 2.69. The molecule has 1 heterocycles. The Balaban J connectivity index is 1.74. The number of hydrogen-bond acceptors (Lipinski definition) is 4. The van der Waals surface area contributed by atoms with E-state index >= 15 is 0 Å². The van der Waals surface area contributed by atoms with Gasteiger partial charge in [-0.05, 0) is 23.8 Å². The molecule has 0 aliphatic carbocycles. The molecule has 4 rings (SSSR count). The van der Waals surface area contributed by atoms with Crippen LogP contribution < -0.4 is 5.43 Å². The lowest BCUT2D eigenvalue weighted by molar-refractivity contribution is 1.16. The maximum Gasteiger partial charge on any atom is 0.244 e. The highest BCUT2D eigenvalue weighted by atomic mass is 35.5. The van der Waals surface area contributed by atoms with Gasteiger partial charge < -0.3 is 0 Å². The summed E-state index contributed by atoms with van der Waals surface area (Å²) in [5, 5.41) is 5.80. The highest BCUT2D eigenvalue weighted by molar-refractivity contribution is 6.31. The van der Waals surface area contributed by atoms with E-state index < -0.39 is 0 Å². The third-order valence-electron chi connectivity index (χ3n) is 3.88. The van der Waals surface area contributed by atoms with Crippen molar-refractivity contribution in [3.05, 3.63) is 89.4 Å². The Morgan fingerprint density at radius 1 is 0.846 bits per heavy atom. The fraction of sp³-hybridized carbons (Fsp3) is 0. The molecule has 0 spiro atoms. The van der Waals surface area contributed by atoms with Crippen LogP contribution in [0.25, 0.3) is 22.2 Å². The highest BCUT2D eigenvalue weighted by Gasteiger charge is 2.10. The normalized spacial score (nSPS) is 11.1. The molecule has 0 saturated heterocycles. The average molecular weight is 359 g/mol. The highest BCUT2D eigenvalue weighted by Crippen LogP contribution is 2.29. The van der Waals surface area contributed by atoms with Gasteiger partial charge in [0.25, 0.3) is 0 Å². The summed E-state index contributed by atoms with van der Waals surface area (Å²) < 4.78 is 0. The molecule has 26 heavy (non-hydrogen) atoms. The zero-order chi connectivity index (χ0) is 17.8. The fourth-order valence-corrected chi connectivity index (χ4v) is 2.84. The Hall–Kier alpha value is -3.24. The van der Waals surface area contributed by atoms with Crippen molar-refractivity contribution in [1.29, 1.82) is 0 Å². The summed E-state index contributed by atoms with van der Waals surface area (Å²) >= 11 is 6.17. The molecular weight excluding hydrogens is 344 g/mol. The zero-order valence-electron chi connectivity index (χ0n) is 13.8. The van der Waals surface area contributed by atoms with E-state index in [1.807, 2.05) is 78.9 Å². The number of benzene rings is 3. The molecule has 1 aromatic heterocycles. The lowest BCUT2D eigenvalue weighted by Crippen LogP contribution is -1.99. The van der Waals surface area contributed by atoms with Gasteiger partial charge in [0, 0.05) is 16.0 Å². The van der Waals surface area contributed by atoms with Crippen molar-refractivity contribution in [3.63, 3.8) is 0 Å². The van der Waals surface area contributed by atoms with E-state index in [1.165, 1.54) is 0 Å². The number of hydrogen-bond donors (Lipinski definition) is 1. The zero-order valence-corrected chi connectivity index (χ0v) is 14.6. The Labute approximate surface area is 156 Å². The summed E-state index contributed by atoms with van der Waals surface area (Å²) in [6.45, 7) is 0. The summed E-state index contributed by atoms with van der Waals surface area (Å²) in [6, 6.07) is 25.4. The van der Waals surface area contributed by atoms with E-state index in [0.29, 0.717) is 11.0 Å². The van der Waals surface area contributed by atoms with Crippen LogP contribution in [0, 0.1) is 0 Å². The van der Waals surface area contributed by atoms with Gasteiger partial charge in [0.2, 0.25) is 5.95 Å². The van der Waals surface area contributed by atoms with Crippen molar-refractivity contribution in [2.45, 2.75) is 0 Å². The summed E-state index contributed by atoms with van der Waals surface area (Å²) in [5.74, 6) is 0.436. The van der Waals surface area contributed by atoms with E-state index in [1.54, 1.807) is 6.21 Å². The number of nitrogens with zero attached hydrogens (tertiary/aromatic N) is 3. The van der Waals surface area contributed by atoms with Gasteiger partial charge >= 0.3 is 0 Å². The van der Waals surface area contributed by atoms with Gasteiger partial charge in [0.15, 0.2) is 0 Å². The molecule has 0 aliphatic heterocycles. The molecule has 1 N–H and O–H groups in total. The van der Waals surface area contributed by atoms with Crippen molar-refractivity contribution in [2.24, 2.45) is 5.10 Å². The number of rotatable bonds is 4. The molecule has 0 saturated carbocycles. The maximum absolute atomic E-state index is 6.17. The smallest absolute Gasteiger partial charge is 0.244 e. The van der Waals surface area contributed by atoms with Crippen LogP contribution in [0.5, 0.6) is 0 Å². The number of anilines is 1. The van der Waals surface area contributed by atoms with Crippen molar-refractivity contribution < 1.29 is 0 Å². The molecule has 0 unspecified atom stereocenters. The van der Waals surface area contributed by atoms with Gasteiger partial charge in [0.1, 0.15) is 0 Å². The predicted octanol–water partition coefficient (Wildman–Crippen LogP) is 5.40. The Morgan fingerprint density at radius 3 is 2.35 bits per heavy atom. The fourth-order valence-electron chi connectivity index (χ4n) is 2.67. The first-order valence-corrected chi connectivity index (χ1v) is 8.54. The van der Waals surface area contributed by atoms with Gasteiger partial charge in [-0.25, -0.2) is 15.4 Å². The molecule has 5 heteroatoms. The van der Waals surface area contributed by atoms with Gasteiger partial charge in [-0.3, -0.25) is 0 Å². The summed E-state index contributed by atoms with van der Waals surface area (Å²) in [6.07, 6.45) is 1.73. The van der Waals surface area contributed by atoms with Gasteiger partial charge in [-0.1, -0.05) is 72.3 Å². The van der Waals surface area contributed by atoms with Crippen LogP contribution in [-0.2, 0) is 0 Å². The van der Waals surface area contributed by atoms with E-state index in [2.05, 4.69) is 20.5 Å². The largest absolute Gasteiger partial charge is 0.245 e. The van der Waals surface area contributed by atoms with Crippen LogP contribution in [-0.4, -0.2) is 16.2 Å². The minimum atomic E-state index is 0.436. The van der Waals surface area contributed by atoms with Gasteiger partial charge in [-0.15, -0.1) is 0 Å². The quantitative estimate of drug-likeness (QED) is 0.392. The molecular formula is C21H15ClN4. The number of fused-ring (bicyclic) bond motifs is 1. The second kappa shape index (κ2) is 7.33. The molecule has 0 bridgehead atoms. The molecule has 126 valence electrons. The maximum atomic E-state index is 6.17. The van der Waals surface area contributed by atoms with Crippen molar-refractivity contribution in [2.75, 3.05) is 5.43 Å². The standard InChI is InChI=1S/C21H15ClN4/c22-17-11-12-19-18(13-17)20(16-9-5-2-6-10-16)25-21(24-19)26-23-14-15-7-3-1-4-8-15/h1-14H,(H,24,25,26)/b23-14+. The lowest BCUT2D eigenvalue weighted by Gasteiger charge is -2.09. The second-order valence-corrected chi connectivity index (χ2v) is 6.14.